The fourth-order valence-electron chi connectivity index (χ4n) is 5.52. The number of unbranched alkanes of at least 4 members (excludes halogenated alkanes) is 2. The Kier molecular flexibility index (Phi) is 6.67. The fraction of sp³-hybridized carbons (Fsp3) is 0.630. The van der Waals surface area contributed by atoms with Crippen LogP contribution < -0.4 is 5.32 Å². The number of hydrogen-bond donors (Lipinski definition) is 2. The fourth-order valence-corrected chi connectivity index (χ4v) is 5.52. The molecule has 3 aliphatic carbocycles. The van der Waals surface area contributed by atoms with Crippen LogP contribution in [0.4, 0.5) is 0 Å². The number of allylic oxidation sites excluding steroid dienone is 5. The van der Waals surface area contributed by atoms with Crippen molar-refractivity contribution in [2.24, 2.45) is 17.8 Å². The number of aromatic amines is 1. The highest BCUT2D eigenvalue weighted by molar-refractivity contribution is 5.67. The summed E-state index contributed by atoms with van der Waals surface area (Å²) in [5.74, 6) is 2.20. The Morgan fingerprint density at radius 1 is 1.14 bits per heavy atom. The average Bonchev–Trinajstić information content (AvgIpc) is 3.08. The van der Waals surface area contributed by atoms with Crippen molar-refractivity contribution in [3.05, 3.63) is 52.9 Å². The van der Waals surface area contributed by atoms with Crippen LogP contribution in [0.15, 0.2) is 41.8 Å². The molecule has 0 aromatic carbocycles. The molecule has 3 atom stereocenters. The van der Waals surface area contributed by atoms with Crippen LogP contribution in [-0.4, -0.2) is 11.0 Å². The van der Waals surface area contributed by atoms with Gasteiger partial charge in [0.1, 0.15) is 0 Å². The molecule has 3 unspecified atom stereocenters. The molecule has 2 N–H and O–H groups in total. The second-order valence-electron chi connectivity index (χ2n) is 9.61. The third kappa shape index (κ3) is 4.42. The second-order valence-corrected chi connectivity index (χ2v) is 9.61. The van der Waals surface area contributed by atoms with Gasteiger partial charge in [0.15, 0.2) is 0 Å². The third-order valence-electron chi connectivity index (χ3n) is 7.48. The van der Waals surface area contributed by atoms with E-state index in [2.05, 4.69) is 61.7 Å². The molecule has 2 fully saturated rings. The molecule has 2 saturated carbocycles. The summed E-state index contributed by atoms with van der Waals surface area (Å²) >= 11 is 0. The van der Waals surface area contributed by atoms with E-state index in [0.29, 0.717) is 12.0 Å². The molecule has 2 heteroatoms. The van der Waals surface area contributed by atoms with E-state index in [1.807, 2.05) is 0 Å². The smallest absolute Gasteiger partial charge is 0.0396 e. The molecule has 2 nitrogen and oxygen atoms in total. The number of fused-ring (bicyclic) bond motifs is 1. The van der Waals surface area contributed by atoms with Gasteiger partial charge in [0.05, 0.1) is 0 Å². The van der Waals surface area contributed by atoms with E-state index < -0.39 is 0 Å². The van der Waals surface area contributed by atoms with Gasteiger partial charge in [-0.15, -0.1) is 0 Å². The first-order chi connectivity index (χ1) is 14.2. The molecule has 1 aromatic rings. The first kappa shape index (κ1) is 20.6. The Balaban J connectivity index is 1.58. The van der Waals surface area contributed by atoms with Crippen molar-refractivity contribution in [1.82, 2.24) is 10.3 Å². The highest BCUT2D eigenvalue weighted by atomic mass is 14.9. The van der Waals surface area contributed by atoms with E-state index in [4.69, 9.17) is 0 Å². The molecule has 3 aliphatic rings. The Hall–Kier alpha value is -1.70. The number of aromatic nitrogens is 1. The van der Waals surface area contributed by atoms with Crippen molar-refractivity contribution in [3.8, 4) is 0 Å². The highest BCUT2D eigenvalue weighted by Gasteiger charge is 2.42. The summed E-state index contributed by atoms with van der Waals surface area (Å²) in [6, 6.07) is 0.674. The minimum absolute atomic E-state index is 0.674. The standard InChI is InChI=1S/C27H40N2/c1-4-6-7-12-24-20(9-5-2)13-14-21-15-22(27(21)24)16-26(29-23-10-8-11-23)25-18-28-17-19(25)3/h13-14,16-18,21-23,27-29H,4-12,15H2,1-3H3/b26-16+. The molecule has 29 heavy (non-hydrogen) atoms. The quantitative estimate of drug-likeness (QED) is 0.401. The SMILES string of the molecule is CCCCCC1=C(CCC)C=CC2CC(/C=C(/NC3CCC3)c3c[nH]cc3C)C12. The van der Waals surface area contributed by atoms with Gasteiger partial charge in [0, 0.05) is 29.7 Å². The zero-order valence-corrected chi connectivity index (χ0v) is 18.8. The van der Waals surface area contributed by atoms with Crippen LogP contribution in [0.5, 0.6) is 0 Å². The predicted octanol–water partition coefficient (Wildman–Crippen LogP) is 7.31. The van der Waals surface area contributed by atoms with E-state index in [9.17, 15) is 0 Å². The summed E-state index contributed by atoms with van der Waals surface area (Å²) in [7, 11) is 0. The molecule has 0 radical (unpaired) electrons. The molecule has 158 valence electrons. The number of rotatable bonds is 10. The van der Waals surface area contributed by atoms with Crippen molar-refractivity contribution < 1.29 is 0 Å². The monoisotopic (exact) mass is 392 g/mol. The number of hydrogen-bond acceptors (Lipinski definition) is 1. The van der Waals surface area contributed by atoms with E-state index in [0.717, 1.165) is 11.8 Å². The summed E-state index contributed by atoms with van der Waals surface area (Å²) in [5.41, 5.74) is 7.57. The lowest BCUT2D eigenvalue weighted by Crippen LogP contribution is -2.39. The molecule has 0 aliphatic heterocycles. The summed E-state index contributed by atoms with van der Waals surface area (Å²) < 4.78 is 0. The van der Waals surface area contributed by atoms with Gasteiger partial charge in [0.25, 0.3) is 0 Å². The highest BCUT2D eigenvalue weighted by Crippen LogP contribution is 2.52. The van der Waals surface area contributed by atoms with Gasteiger partial charge in [-0.3, -0.25) is 0 Å². The number of H-pyrrole nitrogens is 1. The first-order valence-electron chi connectivity index (χ1n) is 12.2. The topological polar surface area (TPSA) is 27.8 Å². The van der Waals surface area contributed by atoms with Crippen molar-refractivity contribution in [2.45, 2.75) is 91.0 Å². The summed E-state index contributed by atoms with van der Waals surface area (Å²) in [4.78, 5) is 3.32. The van der Waals surface area contributed by atoms with E-state index in [1.165, 1.54) is 81.0 Å². The largest absolute Gasteiger partial charge is 0.382 e. The molecule has 0 spiro atoms. The van der Waals surface area contributed by atoms with Crippen LogP contribution in [0.3, 0.4) is 0 Å². The predicted molar refractivity (Wildman–Crippen MR) is 125 cm³/mol. The first-order valence-corrected chi connectivity index (χ1v) is 12.2. The maximum absolute atomic E-state index is 3.90. The van der Waals surface area contributed by atoms with E-state index >= 15 is 0 Å². The van der Waals surface area contributed by atoms with Crippen molar-refractivity contribution in [1.29, 1.82) is 0 Å². The van der Waals surface area contributed by atoms with Gasteiger partial charge >= 0.3 is 0 Å². The lowest BCUT2D eigenvalue weighted by molar-refractivity contribution is 0.179. The lowest BCUT2D eigenvalue weighted by atomic mass is 9.57. The molecular weight excluding hydrogens is 352 g/mol. The van der Waals surface area contributed by atoms with Crippen molar-refractivity contribution in [3.63, 3.8) is 0 Å². The molecule has 0 amide bonds. The molecular formula is C27H40N2. The Labute approximate surface area is 177 Å². The molecule has 0 saturated heterocycles. The number of aryl methyl sites for hydroxylation is 1. The van der Waals surface area contributed by atoms with Crippen molar-refractivity contribution >= 4 is 5.70 Å². The van der Waals surface area contributed by atoms with Crippen LogP contribution in [0.2, 0.25) is 0 Å². The lowest BCUT2D eigenvalue weighted by Gasteiger charge is -2.47. The van der Waals surface area contributed by atoms with E-state index in [-0.39, 0.29) is 0 Å². The van der Waals surface area contributed by atoms with Gasteiger partial charge in [-0.2, -0.15) is 0 Å². The van der Waals surface area contributed by atoms with Crippen LogP contribution in [-0.2, 0) is 0 Å². The van der Waals surface area contributed by atoms with Gasteiger partial charge < -0.3 is 10.3 Å². The molecule has 1 aromatic heterocycles. The molecule has 0 bridgehead atoms. The normalized spacial score (nSPS) is 26.9. The number of nitrogens with one attached hydrogen (secondary N) is 2. The summed E-state index contributed by atoms with van der Waals surface area (Å²) in [6.45, 7) is 6.87. The van der Waals surface area contributed by atoms with Gasteiger partial charge in [-0.25, -0.2) is 0 Å². The second kappa shape index (κ2) is 9.41. The minimum Gasteiger partial charge on any atom is -0.382 e. The van der Waals surface area contributed by atoms with Gasteiger partial charge in [0.2, 0.25) is 0 Å². The van der Waals surface area contributed by atoms with Crippen LogP contribution in [0.25, 0.3) is 5.70 Å². The zero-order chi connectivity index (χ0) is 20.2. The van der Waals surface area contributed by atoms with Gasteiger partial charge in [-0.05, 0) is 80.8 Å². The maximum Gasteiger partial charge on any atom is 0.0396 e. The van der Waals surface area contributed by atoms with Crippen LogP contribution in [0, 0.1) is 24.7 Å². The Morgan fingerprint density at radius 3 is 2.66 bits per heavy atom. The third-order valence-corrected chi connectivity index (χ3v) is 7.48. The Bertz CT molecular complexity index is 774. The summed E-state index contributed by atoms with van der Waals surface area (Å²) in [6.07, 6.45) is 25.1. The van der Waals surface area contributed by atoms with E-state index in [1.54, 1.807) is 11.1 Å². The minimum atomic E-state index is 0.674. The molecule has 1 heterocycles. The summed E-state index contributed by atoms with van der Waals surface area (Å²) in [5, 5.41) is 3.90. The van der Waals surface area contributed by atoms with Crippen molar-refractivity contribution in [2.75, 3.05) is 0 Å². The maximum atomic E-state index is 3.90. The zero-order valence-electron chi connectivity index (χ0n) is 18.8. The average molecular weight is 393 g/mol. The molecule has 4 rings (SSSR count). The van der Waals surface area contributed by atoms with Crippen LogP contribution in [0.1, 0.15) is 89.2 Å². The van der Waals surface area contributed by atoms with Gasteiger partial charge in [-0.1, -0.05) is 56.9 Å². The Morgan fingerprint density at radius 2 is 2.00 bits per heavy atom. The van der Waals surface area contributed by atoms with Crippen LogP contribution >= 0.6 is 0 Å².